The fourth-order valence-electron chi connectivity index (χ4n) is 2.47. The fraction of sp³-hybridized carbons (Fsp3) is 0.250. The summed E-state index contributed by atoms with van der Waals surface area (Å²) in [5, 5.41) is 7.05. The number of aliphatic imine (C=N–C) groups is 1. The lowest BCUT2D eigenvalue weighted by molar-refractivity contribution is 0.572. The summed E-state index contributed by atoms with van der Waals surface area (Å²) >= 11 is 5.81. The second-order valence-corrected chi connectivity index (χ2v) is 6.26. The van der Waals surface area contributed by atoms with Crippen LogP contribution in [0.3, 0.4) is 0 Å². The van der Waals surface area contributed by atoms with Crippen molar-refractivity contribution in [2.75, 3.05) is 13.1 Å². The Morgan fingerprint density at radius 3 is 2.68 bits per heavy atom. The van der Waals surface area contributed by atoms with Gasteiger partial charge in [0.15, 0.2) is 5.96 Å². The molecule has 28 heavy (non-hydrogen) atoms. The maximum absolute atomic E-state index is 5.81. The summed E-state index contributed by atoms with van der Waals surface area (Å²) in [6.07, 6.45) is 4.26. The Bertz CT molecular complexity index is 868. The van der Waals surface area contributed by atoms with Crippen molar-refractivity contribution < 1.29 is 4.42 Å². The van der Waals surface area contributed by atoms with Crippen molar-refractivity contribution in [2.45, 2.75) is 19.9 Å². The summed E-state index contributed by atoms with van der Waals surface area (Å²) in [6.45, 7) is 3.99. The topological polar surface area (TPSA) is 75.3 Å². The van der Waals surface area contributed by atoms with Gasteiger partial charge in [0.05, 0.1) is 6.54 Å². The van der Waals surface area contributed by atoms with Gasteiger partial charge in [0.1, 0.15) is 17.1 Å². The molecule has 0 amide bonds. The molecule has 0 fully saturated rings. The van der Waals surface area contributed by atoms with Crippen LogP contribution in [0.15, 0.2) is 64.3 Å². The highest BCUT2D eigenvalue weighted by molar-refractivity contribution is 14.0. The molecule has 0 saturated heterocycles. The second kappa shape index (κ2) is 11.7. The van der Waals surface area contributed by atoms with Gasteiger partial charge in [-0.1, -0.05) is 35.9 Å². The van der Waals surface area contributed by atoms with E-state index in [2.05, 4.69) is 25.6 Å². The molecule has 0 unspecified atom stereocenters. The van der Waals surface area contributed by atoms with E-state index in [4.69, 9.17) is 16.0 Å². The highest BCUT2D eigenvalue weighted by atomic mass is 127. The molecule has 8 heteroatoms. The van der Waals surface area contributed by atoms with E-state index in [0.717, 1.165) is 42.3 Å². The lowest BCUT2D eigenvalue weighted by Gasteiger charge is -2.10. The van der Waals surface area contributed by atoms with Gasteiger partial charge in [0.25, 0.3) is 0 Å². The van der Waals surface area contributed by atoms with E-state index in [1.165, 1.54) is 0 Å². The molecule has 3 aromatic rings. The Kier molecular flexibility index (Phi) is 9.22. The van der Waals surface area contributed by atoms with E-state index in [0.29, 0.717) is 17.6 Å². The predicted octanol–water partition coefficient (Wildman–Crippen LogP) is 4.31. The van der Waals surface area contributed by atoms with E-state index in [9.17, 15) is 0 Å². The van der Waals surface area contributed by atoms with Crippen molar-refractivity contribution >= 4 is 41.5 Å². The summed E-state index contributed by atoms with van der Waals surface area (Å²) in [5.74, 6) is 1.35. The van der Waals surface area contributed by atoms with Gasteiger partial charge in [0, 0.05) is 24.8 Å². The van der Waals surface area contributed by atoms with Crippen LogP contribution in [0.2, 0.25) is 5.15 Å². The van der Waals surface area contributed by atoms with Crippen LogP contribution in [0.1, 0.15) is 18.2 Å². The number of halogens is 2. The SMILES string of the molecule is CCNC(=NCc1coc(-c2ccccc2)n1)NCCc1ccc(Cl)nc1.I. The molecular formula is C20H23ClIN5O. The standard InChI is InChI=1S/C20H22ClN5O.HI/c1-2-22-20(23-11-10-15-8-9-18(21)24-12-15)25-13-17-14-27-19(26-17)16-6-4-3-5-7-16;/h3-9,12,14H,2,10-11,13H2,1H3,(H2,22,23,25);1H. The van der Waals surface area contributed by atoms with E-state index in [1.807, 2.05) is 43.3 Å². The Balaban J connectivity index is 0.00000280. The maximum Gasteiger partial charge on any atom is 0.226 e. The van der Waals surface area contributed by atoms with E-state index < -0.39 is 0 Å². The molecule has 2 aromatic heterocycles. The lowest BCUT2D eigenvalue weighted by Crippen LogP contribution is -2.38. The summed E-state index contributed by atoms with van der Waals surface area (Å²) in [6, 6.07) is 13.6. The molecule has 2 heterocycles. The molecule has 0 aliphatic carbocycles. The number of pyridine rings is 1. The molecule has 0 saturated carbocycles. The molecule has 0 spiro atoms. The number of aromatic nitrogens is 2. The number of nitrogens with zero attached hydrogens (tertiary/aromatic N) is 3. The first-order valence-electron chi connectivity index (χ1n) is 8.87. The third-order valence-corrected chi connectivity index (χ3v) is 4.03. The molecule has 6 nitrogen and oxygen atoms in total. The zero-order valence-electron chi connectivity index (χ0n) is 15.6. The number of nitrogens with one attached hydrogen (secondary N) is 2. The normalized spacial score (nSPS) is 11.0. The molecule has 1 aromatic carbocycles. The monoisotopic (exact) mass is 511 g/mol. The molecule has 0 aliphatic heterocycles. The molecule has 0 aliphatic rings. The quantitative estimate of drug-likeness (QED) is 0.214. The van der Waals surface area contributed by atoms with Crippen molar-refractivity contribution in [3.8, 4) is 11.5 Å². The second-order valence-electron chi connectivity index (χ2n) is 5.87. The van der Waals surface area contributed by atoms with Gasteiger partial charge in [-0.3, -0.25) is 0 Å². The minimum atomic E-state index is 0. The van der Waals surface area contributed by atoms with Crippen molar-refractivity contribution in [1.82, 2.24) is 20.6 Å². The minimum absolute atomic E-state index is 0. The van der Waals surface area contributed by atoms with Gasteiger partial charge in [-0.2, -0.15) is 0 Å². The summed E-state index contributed by atoms with van der Waals surface area (Å²) in [4.78, 5) is 13.2. The highest BCUT2D eigenvalue weighted by Gasteiger charge is 2.06. The number of rotatable bonds is 7. The van der Waals surface area contributed by atoms with Crippen LogP contribution in [-0.4, -0.2) is 29.0 Å². The summed E-state index contributed by atoms with van der Waals surface area (Å²) in [5.41, 5.74) is 2.86. The van der Waals surface area contributed by atoms with Crippen molar-refractivity contribution in [3.05, 3.63) is 71.3 Å². The molecule has 2 N–H and O–H groups in total. The van der Waals surface area contributed by atoms with Crippen molar-refractivity contribution in [2.24, 2.45) is 4.99 Å². The van der Waals surface area contributed by atoms with Gasteiger partial charge in [-0.15, -0.1) is 24.0 Å². The first-order valence-corrected chi connectivity index (χ1v) is 9.25. The van der Waals surface area contributed by atoms with Crippen molar-refractivity contribution in [3.63, 3.8) is 0 Å². The third kappa shape index (κ3) is 6.79. The fourth-order valence-corrected chi connectivity index (χ4v) is 2.59. The average molecular weight is 512 g/mol. The number of oxazole rings is 1. The lowest BCUT2D eigenvalue weighted by atomic mass is 10.2. The number of hydrogen-bond acceptors (Lipinski definition) is 4. The van der Waals surface area contributed by atoms with Crippen LogP contribution >= 0.6 is 35.6 Å². The third-order valence-electron chi connectivity index (χ3n) is 3.81. The molecule has 0 atom stereocenters. The first-order chi connectivity index (χ1) is 13.2. The Morgan fingerprint density at radius 1 is 1.14 bits per heavy atom. The molecule has 3 rings (SSSR count). The zero-order valence-corrected chi connectivity index (χ0v) is 18.6. The van der Waals surface area contributed by atoms with Gasteiger partial charge in [-0.25, -0.2) is 15.0 Å². The zero-order chi connectivity index (χ0) is 18.9. The van der Waals surface area contributed by atoms with Crippen LogP contribution in [0.5, 0.6) is 0 Å². The van der Waals surface area contributed by atoms with Crippen LogP contribution in [0.4, 0.5) is 0 Å². The highest BCUT2D eigenvalue weighted by Crippen LogP contribution is 2.18. The Morgan fingerprint density at radius 2 is 1.96 bits per heavy atom. The predicted molar refractivity (Wildman–Crippen MR) is 123 cm³/mol. The van der Waals surface area contributed by atoms with Crippen LogP contribution in [0, 0.1) is 0 Å². The number of benzene rings is 1. The van der Waals surface area contributed by atoms with E-state index >= 15 is 0 Å². The average Bonchev–Trinajstić information content (AvgIpc) is 3.17. The Labute approximate surface area is 186 Å². The molecular weight excluding hydrogens is 489 g/mol. The van der Waals surface area contributed by atoms with Gasteiger partial charge < -0.3 is 15.1 Å². The minimum Gasteiger partial charge on any atom is -0.444 e. The first kappa shape index (κ1) is 22.2. The number of hydrogen-bond donors (Lipinski definition) is 2. The smallest absolute Gasteiger partial charge is 0.226 e. The van der Waals surface area contributed by atoms with Gasteiger partial charge in [-0.05, 0) is 37.1 Å². The maximum atomic E-state index is 5.81. The summed E-state index contributed by atoms with van der Waals surface area (Å²) < 4.78 is 5.55. The number of guanidine groups is 1. The van der Waals surface area contributed by atoms with Crippen LogP contribution in [-0.2, 0) is 13.0 Å². The molecule has 0 radical (unpaired) electrons. The van der Waals surface area contributed by atoms with Crippen molar-refractivity contribution in [1.29, 1.82) is 0 Å². The largest absolute Gasteiger partial charge is 0.444 e. The molecule has 148 valence electrons. The van der Waals surface area contributed by atoms with Gasteiger partial charge >= 0.3 is 0 Å². The summed E-state index contributed by atoms with van der Waals surface area (Å²) in [7, 11) is 0. The van der Waals surface area contributed by atoms with E-state index in [1.54, 1.807) is 18.5 Å². The van der Waals surface area contributed by atoms with Crippen LogP contribution < -0.4 is 10.6 Å². The van der Waals surface area contributed by atoms with Gasteiger partial charge in [0.2, 0.25) is 5.89 Å². The molecule has 0 bridgehead atoms. The van der Waals surface area contributed by atoms with E-state index in [-0.39, 0.29) is 24.0 Å². The van der Waals surface area contributed by atoms with Crippen LogP contribution in [0.25, 0.3) is 11.5 Å². The Hall–Kier alpha value is -2.13.